The molecule has 3 rings (SSSR count). The van der Waals surface area contributed by atoms with Crippen molar-refractivity contribution in [3.05, 3.63) is 47.7 Å². The highest BCUT2D eigenvalue weighted by atomic mass is 32.1. The number of hydrogen-bond acceptors (Lipinski definition) is 6. The van der Waals surface area contributed by atoms with Crippen LogP contribution in [0.1, 0.15) is 5.69 Å². The zero-order valence-corrected chi connectivity index (χ0v) is 14.7. The summed E-state index contributed by atoms with van der Waals surface area (Å²) >= 11 is 1.57. The lowest BCUT2D eigenvalue weighted by atomic mass is 10.3. The lowest BCUT2D eigenvalue weighted by molar-refractivity contribution is 0.355. The van der Waals surface area contributed by atoms with Gasteiger partial charge in [0.1, 0.15) is 12.0 Å². The molecule has 0 atom stereocenters. The van der Waals surface area contributed by atoms with Crippen molar-refractivity contribution in [3.8, 4) is 22.3 Å². The Balaban J connectivity index is 1.64. The van der Waals surface area contributed by atoms with Crippen LogP contribution in [0.2, 0.25) is 0 Å². The molecule has 130 valence electrons. The van der Waals surface area contributed by atoms with E-state index in [1.165, 1.54) is 0 Å². The first-order chi connectivity index (χ1) is 12.2. The summed E-state index contributed by atoms with van der Waals surface area (Å²) in [5.74, 6) is 2.11. The molecule has 2 aromatic heterocycles. The zero-order chi connectivity index (χ0) is 17.6. The Hall–Kier alpha value is -3.00. The Morgan fingerprint density at radius 2 is 2.12 bits per heavy atom. The molecule has 0 radical (unpaired) electrons. The largest absolute Gasteiger partial charge is 0.493 e. The van der Waals surface area contributed by atoms with Gasteiger partial charge >= 0.3 is 0 Å². The minimum absolute atomic E-state index is 0.271. The number of benzene rings is 1. The Kier molecular flexibility index (Phi) is 5.20. The van der Waals surface area contributed by atoms with Gasteiger partial charge in [-0.2, -0.15) is 0 Å². The second-order valence-electron chi connectivity index (χ2n) is 5.02. The number of hydrogen-bond donors (Lipinski definition) is 2. The topological polar surface area (TPSA) is 94.9 Å². The highest BCUT2D eigenvalue weighted by Gasteiger charge is 2.08. The van der Waals surface area contributed by atoms with Crippen LogP contribution in [-0.2, 0) is 6.54 Å². The number of oxazole rings is 1. The number of aromatic nitrogens is 1. The highest BCUT2D eigenvalue weighted by Crippen LogP contribution is 2.29. The zero-order valence-electron chi connectivity index (χ0n) is 13.9. The number of guanidine groups is 1. The first kappa shape index (κ1) is 16.8. The van der Waals surface area contributed by atoms with Crippen LogP contribution in [-0.4, -0.2) is 25.2 Å². The number of nitrogens with zero attached hydrogens (tertiary/aromatic N) is 2. The average molecular weight is 358 g/mol. The third-order valence-corrected chi connectivity index (χ3v) is 4.21. The summed E-state index contributed by atoms with van der Waals surface area (Å²) in [6.45, 7) is 0.320. The fourth-order valence-corrected chi connectivity index (χ4v) is 2.82. The molecule has 0 saturated heterocycles. The molecule has 0 spiro atoms. The fraction of sp³-hybridized carbons (Fsp3) is 0.176. The van der Waals surface area contributed by atoms with Crippen molar-refractivity contribution in [2.75, 3.05) is 19.5 Å². The number of aliphatic imine (C=N–C) groups is 1. The maximum Gasteiger partial charge on any atom is 0.236 e. The van der Waals surface area contributed by atoms with E-state index in [2.05, 4.69) is 15.3 Å². The molecule has 0 fully saturated rings. The van der Waals surface area contributed by atoms with Crippen LogP contribution in [0.4, 0.5) is 5.69 Å². The van der Waals surface area contributed by atoms with Crippen molar-refractivity contribution < 1.29 is 13.9 Å². The first-order valence-electron chi connectivity index (χ1n) is 7.47. The molecule has 0 bridgehead atoms. The van der Waals surface area contributed by atoms with Crippen LogP contribution in [0.15, 0.2) is 51.4 Å². The van der Waals surface area contributed by atoms with Gasteiger partial charge in [-0.15, -0.1) is 11.3 Å². The molecule has 2 heterocycles. The smallest absolute Gasteiger partial charge is 0.236 e. The third kappa shape index (κ3) is 4.10. The van der Waals surface area contributed by atoms with Crippen molar-refractivity contribution in [2.24, 2.45) is 10.7 Å². The van der Waals surface area contributed by atoms with Gasteiger partial charge < -0.3 is 24.9 Å². The molecule has 0 unspecified atom stereocenters. The molecular weight excluding hydrogens is 340 g/mol. The van der Waals surface area contributed by atoms with Crippen LogP contribution < -0.4 is 20.5 Å². The standard InChI is InChI=1S/C17H18N4O3S/c1-22-13-6-5-11(8-14(13)23-2)21-17(18)19-9-12-10-24-16(20-12)15-4-3-7-25-15/h3-8,10H,9H2,1-2H3,(H3,18,19,21). The number of nitrogens with one attached hydrogen (secondary N) is 1. The van der Waals surface area contributed by atoms with Crippen LogP contribution >= 0.6 is 11.3 Å². The molecule has 7 nitrogen and oxygen atoms in total. The predicted molar refractivity (Wildman–Crippen MR) is 98.3 cm³/mol. The summed E-state index contributed by atoms with van der Waals surface area (Å²) in [5, 5.41) is 4.98. The van der Waals surface area contributed by atoms with Gasteiger partial charge in [0.25, 0.3) is 0 Å². The molecule has 3 N–H and O–H groups in total. The van der Waals surface area contributed by atoms with E-state index in [-0.39, 0.29) is 5.96 Å². The lowest BCUT2D eigenvalue weighted by Gasteiger charge is -2.10. The van der Waals surface area contributed by atoms with Gasteiger partial charge in [-0.25, -0.2) is 9.98 Å². The maximum atomic E-state index is 5.93. The van der Waals surface area contributed by atoms with Crippen LogP contribution in [0.3, 0.4) is 0 Å². The normalized spacial score (nSPS) is 11.4. The molecule has 0 aliphatic rings. The summed E-state index contributed by atoms with van der Waals surface area (Å²) in [6.07, 6.45) is 1.59. The molecule has 8 heteroatoms. The molecule has 0 saturated carbocycles. The molecular formula is C17H18N4O3S. The van der Waals surface area contributed by atoms with Gasteiger partial charge in [0.05, 0.1) is 25.6 Å². The Bertz CT molecular complexity index is 859. The van der Waals surface area contributed by atoms with Gasteiger partial charge in [-0.1, -0.05) is 6.07 Å². The second-order valence-corrected chi connectivity index (χ2v) is 5.97. The monoisotopic (exact) mass is 358 g/mol. The number of ether oxygens (including phenoxy) is 2. The van der Waals surface area contributed by atoms with Crippen molar-refractivity contribution in [2.45, 2.75) is 6.54 Å². The van der Waals surface area contributed by atoms with Gasteiger partial charge in [0, 0.05) is 11.8 Å². The molecule has 0 aliphatic carbocycles. The number of nitrogens with two attached hydrogens (primary N) is 1. The summed E-state index contributed by atoms with van der Waals surface area (Å²) in [7, 11) is 3.16. The number of rotatable bonds is 6. The van der Waals surface area contributed by atoms with E-state index in [1.54, 1.807) is 44.0 Å². The van der Waals surface area contributed by atoms with E-state index in [0.717, 1.165) is 10.6 Å². The number of anilines is 1. The van der Waals surface area contributed by atoms with Gasteiger partial charge in [0.15, 0.2) is 17.5 Å². The van der Waals surface area contributed by atoms with E-state index in [1.807, 2.05) is 23.6 Å². The Labute approximate surface area is 149 Å². The second kappa shape index (κ2) is 7.71. The summed E-state index contributed by atoms with van der Waals surface area (Å²) in [5.41, 5.74) is 7.38. The maximum absolute atomic E-state index is 5.93. The van der Waals surface area contributed by atoms with E-state index in [4.69, 9.17) is 19.6 Å². The summed E-state index contributed by atoms with van der Waals surface area (Å²) < 4.78 is 15.9. The molecule has 3 aromatic rings. The lowest BCUT2D eigenvalue weighted by Crippen LogP contribution is -2.22. The quantitative estimate of drug-likeness (QED) is 0.518. The van der Waals surface area contributed by atoms with Gasteiger partial charge in [0.2, 0.25) is 5.89 Å². The summed E-state index contributed by atoms with van der Waals surface area (Å²) in [6, 6.07) is 9.31. The minimum atomic E-state index is 0.271. The molecule has 1 aromatic carbocycles. The van der Waals surface area contributed by atoms with Crippen molar-refractivity contribution in [1.29, 1.82) is 0 Å². The Morgan fingerprint density at radius 3 is 2.84 bits per heavy atom. The molecule has 0 aliphatic heterocycles. The van der Waals surface area contributed by atoms with Crippen LogP contribution in [0.5, 0.6) is 11.5 Å². The van der Waals surface area contributed by atoms with Crippen molar-refractivity contribution >= 4 is 23.0 Å². The van der Waals surface area contributed by atoms with Crippen molar-refractivity contribution in [1.82, 2.24) is 4.98 Å². The van der Waals surface area contributed by atoms with E-state index in [0.29, 0.717) is 29.6 Å². The SMILES string of the molecule is COc1ccc(NC(N)=NCc2coc(-c3cccs3)n2)cc1OC. The Morgan fingerprint density at radius 1 is 1.28 bits per heavy atom. The number of methoxy groups -OCH3 is 2. The fourth-order valence-electron chi connectivity index (χ4n) is 2.16. The molecule has 0 amide bonds. The predicted octanol–water partition coefficient (Wildman–Crippen LogP) is 3.35. The van der Waals surface area contributed by atoms with E-state index >= 15 is 0 Å². The highest BCUT2D eigenvalue weighted by molar-refractivity contribution is 7.13. The van der Waals surface area contributed by atoms with Crippen molar-refractivity contribution in [3.63, 3.8) is 0 Å². The molecule has 25 heavy (non-hydrogen) atoms. The minimum Gasteiger partial charge on any atom is -0.493 e. The van der Waals surface area contributed by atoms with Crippen LogP contribution in [0, 0.1) is 0 Å². The first-order valence-corrected chi connectivity index (χ1v) is 8.35. The summed E-state index contributed by atoms with van der Waals surface area (Å²) in [4.78, 5) is 9.65. The average Bonchev–Trinajstić information content (AvgIpc) is 3.31. The third-order valence-electron chi connectivity index (χ3n) is 3.35. The van der Waals surface area contributed by atoms with Gasteiger partial charge in [-0.3, -0.25) is 0 Å². The number of thiophene rings is 1. The van der Waals surface area contributed by atoms with E-state index < -0.39 is 0 Å². The van der Waals surface area contributed by atoms with E-state index in [9.17, 15) is 0 Å². The van der Waals surface area contributed by atoms with Gasteiger partial charge in [-0.05, 0) is 23.6 Å². The van der Waals surface area contributed by atoms with Crippen LogP contribution in [0.25, 0.3) is 10.8 Å².